The summed E-state index contributed by atoms with van der Waals surface area (Å²) < 4.78 is 0. The van der Waals surface area contributed by atoms with E-state index in [0.717, 1.165) is 66.1 Å². The number of hydrogen-bond donors (Lipinski definition) is 3. The van der Waals surface area contributed by atoms with Crippen molar-refractivity contribution in [3.05, 3.63) is 83.6 Å². The number of aromatic carboxylic acids is 1. The molecule has 8 nitrogen and oxygen atoms in total. The summed E-state index contributed by atoms with van der Waals surface area (Å²) in [6.45, 7) is 5.00. The zero-order chi connectivity index (χ0) is 25.1. The third-order valence-corrected chi connectivity index (χ3v) is 7.16. The first kappa shape index (κ1) is 23.9. The SMILES string of the molecule is CN1CCN(Cc2ccc(C(=O)Nc3sc(Nc4ccc5ccccc5c4)nc3C(=O)O)cc2)CC1. The molecule has 1 amide bonds. The number of fused-ring (bicyclic) bond motifs is 1. The lowest BCUT2D eigenvalue weighted by atomic mass is 10.1. The van der Waals surface area contributed by atoms with Crippen molar-refractivity contribution in [2.24, 2.45) is 0 Å². The fourth-order valence-electron chi connectivity index (χ4n) is 4.19. The van der Waals surface area contributed by atoms with Gasteiger partial charge in [-0.3, -0.25) is 9.69 Å². The first-order valence-corrected chi connectivity index (χ1v) is 12.6. The largest absolute Gasteiger partial charge is 0.476 e. The first-order valence-electron chi connectivity index (χ1n) is 11.8. The molecule has 0 atom stereocenters. The highest BCUT2D eigenvalue weighted by atomic mass is 32.1. The summed E-state index contributed by atoms with van der Waals surface area (Å²) in [4.78, 5) is 33.6. The van der Waals surface area contributed by atoms with Crippen molar-refractivity contribution in [3.63, 3.8) is 0 Å². The van der Waals surface area contributed by atoms with Crippen LogP contribution in [0.3, 0.4) is 0 Å². The van der Waals surface area contributed by atoms with Gasteiger partial charge in [-0.2, -0.15) is 0 Å². The smallest absolute Gasteiger partial charge is 0.357 e. The maximum Gasteiger partial charge on any atom is 0.357 e. The normalized spacial score (nSPS) is 14.6. The standard InChI is InChI=1S/C27H27N5O3S/c1-31-12-14-32(15-13-31)17-18-6-8-20(9-7-18)24(33)30-25-23(26(34)35)29-27(36-25)28-22-11-10-19-4-2-3-5-21(19)16-22/h2-11,16H,12-15,17H2,1H3,(H,28,29)(H,30,33)(H,34,35). The molecule has 184 valence electrons. The number of thiazole rings is 1. The van der Waals surface area contributed by atoms with Crippen LogP contribution < -0.4 is 10.6 Å². The molecular weight excluding hydrogens is 474 g/mol. The van der Waals surface area contributed by atoms with E-state index in [1.165, 1.54) is 0 Å². The molecule has 1 aliphatic rings. The molecule has 1 aliphatic heterocycles. The van der Waals surface area contributed by atoms with Gasteiger partial charge in [-0.05, 0) is 47.6 Å². The van der Waals surface area contributed by atoms with Gasteiger partial charge in [0.2, 0.25) is 0 Å². The number of aromatic nitrogens is 1. The molecule has 0 radical (unpaired) electrons. The predicted octanol–water partition coefficient (Wildman–Crippen LogP) is 4.74. The van der Waals surface area contributed by atoms with Crippen molar-refractivity contribution >= 4 is 49.8 Å². The monoisotopic (exact) mass is 501 g/mol. The van der Waals surface area contributed by atoms with Crippen LogP contribution in [-0.2, 0) is 6.54 Å². The van der Waals surface area contributed by atoms with Gasteiger partial charge in [0, 0.05) is 44.0 Å². The Morgan fingerprint density at radius 1 is 0.972 bits per heavy atom. The fraction of sp³-hybridized carbons (Fsp3) is 0.222. The highest BCUT2D eigenvalue weighted by Gasteiger charge is 2.21. The van der Waals surface area contributed by atoms with Crippen molar-refractivity contribution in [1.29, 1.82) is 0 Å². The zero-order valence-corrected chi connectivity index (χ0v) is 20.7. The second kappa shape index (κ2) is 10.4. The minimum absolute atomic E-state index is 0.191. The number of carboxylic acid groups (broad SMARTS) is 1. The van der Waals surface area contributed by atoms with Gasteiger partial charge in [-0.15, -0.1) is 0 Å². The van der Waals surface area contributed by atoms with E-state index in [2.05, 4.69) is 32.5 Å². The Hall–Kier alpha value is -3.79. The minimum atomic E-state index is -1.20. The van der Waals surface area contributed by atoms with Crippen molar-refractivity contribution in [2.75, 3.05) is 43.9 Å². The number of nitrogens with zero attached hydrogens (tertiary/aromatic N) is 3. The lowest BCUT2D eigenvalue weighted by Gasteiger charge is -2.32. The molecule has 0 unspecified atom stereocenters. The second-order valence-corrected chi connectivity index (χ2v) is 9.92. The molecule has 5 rings (SSSR count). The summed E-state index contributed by atoms with van der Waals surface area (Å²) in [5.41, 5.74) is 2.20. The molecular formula is C27H27N5O3S. The number of anilines is 3. The summed E-state index contributed by atoms with van der Waals surface area (Å²) in [5, 5.41) is 18.3. The maximum atomic E-state index is 12.9. The predicted molar refractivity (Wildman–Crippen MR) is 143 cm³/mol. The minimum Gasteiger partial charge on any atom is -0.476 e. The Labute approximate surface area is 213 Å². The Balaban J connectivity index is 1.27. The van der Waals surface area contributed by atoms with Crippen molar-refractivity contribution in [3.8, 4) is 0 Å². The molecule has 2 heterocycles. The fourth-order valence-corrected chi connectivity index (χ4v) is 5.07. The number of carbonyl (C=O) groups excluding carboxylic acids is 1. The summed E-state index contributed by atoms with van der Waals surface area (Å²) in [5.74, 6) is -1.57. The average molecular weight is 502 g/mol. The van der Waals surface area contributed by atoms with Gasteiger partial charge in [0.05, 0.1) is 0 Å². The summed E-state index contributed by atoms with van der Waals surface area (Å²) in [7, 11) is 2.13. The van der Waals surface area contributed by atoms with Crippen LogP contribution in [0.2, 0.25) is 0 Å². The van der Waals surface area contributed by atoms with Crippen LogP contribution in [-0.4, -0.2) is 65.0 Å². The van der Waals surface area contributed by atoms with Crippen LogP contribution in [0, 0.1) is 0 Å². The summed E-state index contributed by atoms with van der Waals surface area (Å²) in [6.07, 6.45) is 0. The van der Waals surface area contributed by atoms with Gasteiger partial charge in [0.25, 0.3) is 5.91 Å². The molecule has 1 saturated heterocycles. The quantitative estimate of drug-likeness (QED) is 0.337. The van der Waals surface area contributed by atoms with Crippen LogP contribution in [0.4, 0.5) is 15.8 Å². The van der Waals surface area contributed by atoms with Gasteiger partial charge in [0.1, 0.15) is 5.00 Å². The molecule has 0 saturated carbocycles. The Morgan fingerprint density at radius 2 is 1.69 bits per heavy atom. The molecule has 4 aromatic rings. The van der Waals surface area contributed by atoms with E-state index in [-0.39, 0.29) is 16.6 Å². The van der Waals surface area contributed by atoms with E-state index in [1.807, 2.05) is 54.6 Å². The molecule has 0 aliphatic carbocycles. The lowest BCUT2D eigenvalue weighted by Crippen LogP contribution is -2.43. The van der Waals surface area contributed by atoms with Gasteiger partial charge >= 0.3 is 5.97 Å². The molecule has 1 fully saturated rings. The number of benzene rings is 3. The Kier molecular flexibility index (Phi) is 6.95. The highest BCUT2D eigenvalue weighted by molar-refractivity contribution is 7.20. The van der Waals surface area contributed by atoms with Gasteiger partial charge < -0.3 is 20.6 Å². The van der Waals surface area contributed by atoms with Crippen molar-refractivity contribution in [2.45, 2.75) is 6.54 Å². The van der Waals surface area contributed by atoms with Crippen LogP contribution in [0.5, 0.6) is 0 Å². The molecule has 9 heteroatoms. The summed E-state index contributed by atoms with van der Waals surface area (Å²) in [6, 6.07) is 21.3. The number of nitrogens with one attached hydrogen (secondary N) is 2. The van der Waals surface area contributed by atoms with Crippen LogP contribution >= 0.6 is 11.3 Å². The van der Waals surface area contributed by atoms with Gasteiger partial charge in [-0.1, -0.05) is 53.8 Å². The molecule has 1 aromatic heterocycles. The maximum absolute atomic E-state index is 12.9. The molecule has 0 spiro atoms. The van der Waals surface area contributed by atoms with E-state index in [0.29, 0.717) is 10.7 Å². The van der Waals surface area contributed by atoms with Gasteiger partial charge in [-0.25, -0.2) is 9.78 Å². The Bertz CT molecular complexity index is 1390. The third-order valence-electron chi connectivity index (χ3n) is 6.28. The Morgan fingerprint density at radius 3 is 2.42 bits per heavy atom. The summed E-state index contributed by atoms with van der Waals surface area (Å²) >= 11 is 1.09. The number of amides is 1. The van der Waals surface area contributed by atoms with E-state index >= 15 is 0 Å². The van der Waals surface area contributed by atoms with Crippen LogP contribution in [0.25, 0.3) is 10.8 Å². The van der Waals surface area contributed by atoms with E-state index in [9.17, 15) is 14.7 Å². The number of likely N-dealkylation sites (N-methyl/N-ethyl adjacent to an activating group) is 1. The lowest BCUT2D eigenvalue weighted by molar-refractivity contribution is 0.0692. The number of piperazine rings is 1. The first-order chi connectivity index (χ1) is 17.4. The third kappa shape index (κ3) is 5.54. The van der Waals surface area contributed by atoms with Crippen molar-refractivity contribution in [1.82, 2.24) is 14.8 Å². The number of hydrogen-bond acceptors (Lipinski definition) is 7. The van der Waals surface area contributed by atoms with Crippen molar-refractivity contribution < 1.29 is 14.7 Å². The molecule has 0 bridgehead atoms. The van der Waals surface area contributed by atoms with Crippen LogP contribution in [0.1, 0.15) is 26.4 Å². The van der Waals surface area contributed by atoms with Gasteiger partial charge in [0.15, 0.2) is 10.8 Å². The number of carbonyl (C=O) groups is 2. The van der Waals surface area contributed by atoms with E-state index in [1.54, 1.807) is 12.1 Å². The van der Waals surface area contributed by atoms with E-state index < -0.39 is 5.97 Å². The zero-order valence-electron chi connectivity index (χ0n) is 19.9. The van der Waals surface area contributed by atoms with Crippen LogP contribution in [0.15, 0.2) is 66.7 Å². The molecule has 3 aromatic carbocycles. The second-order valence-electron chi connectivity index (χ2n) is 8.92. The molecule has 3 N–H and O–H groups in total. The topological polar surface area (TPSA) is 97.8 Å². The van der Waals surface area contributed by atoms with E-state index in [4.69, 9.17) is 0 Å². The number of carboxylic acids is 1. The average Bonchev–Trinajstić information content (AvgIpc) is 3.28. The molecule has 36 heavy (non-hydrogen) atoms. The number of rotatable bonds is 7. The highest BCUT2D eigenvalue weighted by Crippen LogP contribution is 2.32.